The summed E-state index contributed by atoms with van der Waals surface area (Å²) < 4.78 is 79.4. The molecule has 4 rings (SSSR count). The highest BCUT2D eigenvalue weighted by Crippen LogP contribution is 2.33. The van der Waals surface area contributed by atoms with Crippen molar-refractivity contribution in [1.82, 2.24) is 15.0 Å². The fraction of sp³-hybridized carbons (Fsp3) is 0.100. The number of nitrogens with zero attached hydrogens (tertiary/aromatic N) is 2. The summed E-state index contributed by atoms with van der Waals surface area (Å²) in [5.41, 5.74) is 1.27. The van der Waals surface area contributed by atoms with Crippen LogP contribution in [0, 0.1) is 0 Å². The van der Waals surface area contributed by atoms with Crippen molar-refractivity contribution >= 4 is 11.2 Å². The number of hydrogen-bond donors (Lipinski definition) is 1. The van der Waals surface area contributed by atoms with Gasteiger partial charge in [0.1, 0.15) is 17.1 Å². The number of imidazole rings is 1. The van der Waals surface area contributed by atoms with E-state index in [-0.39, 0.29) is 5.75 Å². The fourth-order valence-electron chi connectivity index (χ4n) is 2.88. The number of benzene rings is 2. The normalized spacial score (nSPS) is 12.3. The number of fused-ring (bicyclic) bond motifs is 1. The average molecular weight is 423 g/mol. The molecule has 4 nitrogen and oxygen atoms in total. The van der Waals surface area contributed by atoms with Gasteiger partial charge in [0.15, 0.2) is 5.65 Å². The van der Waals surface area contributed by atoms with Crippen LogP contribution in [0.3, 0.4) is 0 Å². The Labute approximate surface area is 165 Å². The first-order valence-corrected chi connectivity index (χ1v) is 8.48. The predicted octanol–water partition coefficient (Wildman–Crippen LogP) is 6.21. The third-order valence-corrected chi connectivity index (χ3v) is 4.22. The zero-order valence-corrected chi connectivity index (χ0v) is 14.8. The topological polar surface area (TPSA) is 50.8 Å². The molecule has 0 aliphatic rings. The molecule has 0 spiro atoms. The summed E-state index contributed by atoms with van der Waals surface area (Å²) in [6, 6.07) is 11.5. The Morgan fingerprint density at radius 1 is 0.800 bits per heavy atom. The molecule has 0 atom stereocenters. The maximum Gasteiger partial charge on any atom is 0.573 e. The smallest absolute Gasteiger partial charge is 0.406 e. The first-order valence-electron chi connectivity index (χ1n) is 8.48. The SMILES string of the molecule is FC(F)(F)Oc1ccc(-c2nc3cc(-c4cccc(C(F)(F)F)c4)cnc3[nH]2)cc1. The molecule has 0 unspecified atom stereocenters. The van der Waals surface area contributed by atoms with Gasteiger partial charge in [-0.25, -0.2) is 9.97 Å². The molecule has 0 radical (unpaired) electrons. The average Bonchev–Trinajstić information content (AvgIpc) is 3.10. The van der Waals surface area contributed by atoms with Gasteiger partial charge in [0.05, 0.1) is 5.56 Å². The van der Waals surface area contributed by atoms with Gasteiger partial charge in [0, 0.05) is 17.3 Å². The molecule has 10 heteroatoms. The van der Waals surface area contributed by atoms with Gasteiger partial charge in [0.25, 0.3) is 0 Å². The number of alkyl halides is 6. The highest BCUT2D eigenvalue weighted by molar-refractivity contribution is 5.81. The van der Waals surface area contributed by atoms with Crippen molar-refractivity contribution in [3.05, 3.63) is 66.4 Å². The largest absolute Gasteiger partial charge is 0.573 e. The second kappa shape index (κ2) is 7.05. The Bertz CT molecular complexity index is 1200. The van der Waals surface area contributed by atoms with E-state index < -0.39 is 18.1 Å². The molecule has 0 amide bonds. The lowest BCUT2D eigenvalue weighted by Crippen LogP contribution is -2.16. The van der Waals surface area contributed by atoms with Crippen LogP contribution in [0.15, 0.2) is 60.8 Å². The summed E-state index contributed by atoms with van der Waals surface area (Å²) in [5, 5.41) is 0. The Morgan fingerprint density at radius 2 is 1.53 bits per heavy atom. The number of H-pyrrole nitrogens is 1. The van der Waals surface area contributed by atoms with Gasteiger partial charge in [-0.3, -0.25) is 0 Å². The van der Waals surface area contributed by atoms with Crippen molar-refractivity contribution in [1.29, 1.82) is 0 Å². The van der Waals surface area contributed by atoms with Gasteiger partial charge in [-0.2, -0.15) is 13.2 Å². The van der Waals surface area contributed by atoms with E-state index in [0.29, 0.717) is 33.7 Å². The third kappa shape index (κ3) is 4.22. The standard InChI is InChI=1S/C20H11F6N3O/c21-19(22,23)14-3-1-2-12(8-14)13-9-16-18(27-10-13)29-17(28-16)11-4-6-15(7-5-11)30-20(24,25)26/h1-10H,(H,27,28,29). The minimum absolute atomic E-state index is 0.331. The number of aromatic nitrogens is 3. The molecular formula is C20H11F6N3O. The van der Waals surface area contributed by atoms with Crippen molar-refractivity contribution < 1.29 is 31.1 Å². The quantitative estimate of drug-likeness (QED) is 0.399. The van der Waals surface area contributed by atoms with E-state index in [1.807, 2.05) is 0 Å². The van der Waals surface area contributed by atoms with Crippen LogP contribution < -0.4 is 4.74 Å². The zero-order chi connectivity index (χ0) is 21.5. The zero-order valence-electron chi connectivity index (χ0n) is 14.8. The molecule has 30 heavy (non-hydrogen) atoms. The maximum atomic E-state index is 12.9. The Morgan fingerprint density at radius 3 is 2.20 bits per heavy atom. The summed E-state index contributed by atoms with van der Waals surface area (Å²) in [6.07, 6.45) is -7.83. The van der Waals surface area contributed by atoms with E-state index in [9.17, 15) is 26.3 Å². The Hall–Kier alpha value is -3.56. The Kier molecular flexibility index (Phi) is 4.64. The molecule has 0 aliphatic heterocycles. The van der Waals surface area contributed by atoms with Crippen LogP contribution in [0.25, 0.3) is 33.7 Å². The molecule has 0 saturated heterocycles. The van der Waals surface area contributed by atoms with E-state index in [4.69, 9.17) is 0 Å². The molecule has 0 saturated carbocycles. The number of nitrogens with one attached hydrogen (secondary N) is 1. The lowest BCUT2D eigenvalue weighted by Gasteiger charge is -2.08. The first-order chi connectivity index (χ1) is 14.1. The summed E-state index contributed by atoms with van der Waals surface area (Å²) in [6.45, 7) is 0. The van der Waals surface area contributed by atoms with Crippen molar-refractivity contribution in [2.45, 2.75) is 12.5 Å². The van der Waals surface area contributed by atoms with Crippen LogP contribution in [0.5, 0.6) is 5.75 Å². The van der Waals surface area contributed by atoms with Crippen LogP contribution in [0.1, 0.15) is 5.56 Å². The van der Waals surface area contributed by atoms with Crippen molar-refractivity contribution in [3.8, 4) is 28.3 Å². The second-order valence-electron chi connectivity index (χ2n) is 6.33. The van der Waals surface area contributed by atoms with Crippen LogP contribution in [-0.4, -0.2) is 21.3 Å². The number of aromatic amines is 1. The molecule has 2 aromatic carbocycles. The lowest BCUT2D eigenvalue weighted by molar-refractivity contribution is -0.274. The molecule has 154 valence electrons. The van der Waals surface area contributed by atoms with Crippen molar-refractivity contribution in [3.63, 3.8) is 0 Å². The minimum atomic E-state index is -4.79. The molecule has 0 fully saturated rings. The number of rotatable bonds is 3. The van der Waals surface area contributed by atoms with E-state index in [0.717, 1.165) is 24.3 Å². The van der Waals surface area contributed by atoms with E-state index in [1.54, 1.807) is 6.07 Å². The molecule has 2 aromatic heterocycles. The second-order valence-corrected chi connectivity index (χ2v) is 6.33. The fourth-order valence-corrected chi connectivity index (χ4v) is 2.88. The van der Waals surface area contributed by atoms with Gasteiger partial charge < -0.3 is 9.72 Å². The summed E-state index contributed by atoms with van der Waals surface area (Å²) >= 11 is 0. The monoisotopic (exact) mass is 423 g/mol. The number of ether oxygens (including phenoxy) is 1. The minimum Gasteiger partial charge on any atom is -0.406 e. The maximum absolute atomic E-state index is 12.9. The highest BCUT2D eigenvalue weighted by atomic mass is 19.4. The number of hydrogen-bond acceptors (Lipinski definition) is 3. The van der Waals surface area contributed by atoms with E-state index in [1.165, 1.54) is 30.5 Å². The van der Waals surface area contributed by atoms with Crippen LogP contribution in [-0.2, 0) is 6.18 Å². The van der Waals surface area contributed by atoms with Crippen LogP contribution in [0.4, 0.5) is 26.3 Å². The van der Waals surface area contributed by atoms with Gasteiger partial charge >= 0.3 is 12.5 Å². The lowest BCUT2D eigenvalue weighted by atomic mass is 10.0. The highest BCUT2D eigenvalue weighted by Gasteiger charge is 2.31. The third-order valence-electron chi connectivity index (χ3n) is 4.22. The van der Waals surface area contributed by atoms with Crippen molar-refractivity contribution in [2.75, 3.05) is 0 Å². The molecule has 0 bridgehead atoms. The van der Waals surface area contributed by atoms with E-state index >= 15 is 0 Å². The molecule has 1 N–H and O–H groups in total. The van der Waals surface area contributed by atoms with Crippen molar-refractivity contribution in [2.24, 2.45) is 0 Å². The molecule has 2 heterocycles. The van der Waals surface area contributed by atoms with Crippen LogP contribution >= 0.6 is 0 Å². The van der Waals surface area contributed by atoms with Gasteiger partial charge in [0.2, 0.25) is 0 Å². The Balaban J connectivity index is 1.65. The predicted molar refractivity (Wildman–Crippen MR) is 96.4 cm³/mol. The van der Waals surface area contributed by atoms with Gasteiger partial charge in [-0.1, -0.05) is 12.1 Å². The molecule has 4 aromatic rings. The number of halogens is 6. The van der Waals surface area contributed by atoms with Crippen LogP contribution in [0.2, 0.25) is 0 Å². The van der Waals surface area contributed by atoms with Gasteiger partial charge in [-0.15, -0.1) is 13.2 Å². The summed E-state index contributed by atoms with van der Waals surface area (Å²) in [5.74, 6) is -0.0235. The summed E-state index contributed by atoms with van der Waals surface area (Å²) in [7, 11) is 0. The number of pyridine rings is 1. The first kappa shape index (κ1) is 19.7. The molecular weight excluding hydrogens is 412 g/mol. The molecule has 0 aliphatic carbocycles. The van der Waals surface area contributed by atoms with Gasteiger partial charge in [-0.05, 0) is 48.0 Å². The summed E-state index contributed by atoms with van der Waals surface area (Å²) in [4.78, 5) is 11.5. The van der Waals surface area contributed by atoms with E-state index in [2.05, 4.69) is 19.7 Å².